The van der Waals surface area contributed by atoms with Crippen LogP contribution in [0.4, 0.5) is 4.79 Å². The Kier molecular flexibility index (Phi) is 8.15. The van der Waals surface area contributed by atoms with Gasteiger partial charge in [0.05, 0.1) is 17.6 Å². The molecule has 7 heteroatoms. The smallest absolute Gasteiger partial charge is 0.481 e. The number of piperidine rings is 1. The number of nitrogens with zero attached hydrogens (tertiary/aromatic N) is 1. The van der Waals surface area contributed by atoms with Gasteiger partial charge < -0.3 is 19.7 Å². The van der Waals surface area contributed by atoms with E-state index in [-0.39, 0.29) is 11.8 Å². The molecule has 6 rings (SSSR count). The summed E-state index contributed by atoms with van der Waals surface area (Å²) in [7, 11) is 0. The standard InChI is InChI=1S/C33H47NO6/c35-26-16-17-33(38)27-21-25-15-14-24(11-9-7-5-3-1-2-4-6-8-10-20-39-31(36)37)29-28(25)32(33,30(26)40-29)18-19-34(27)22-23-12-13-23/h14-15,23,27,30,38H,1-13,16-22H2,(H,36,37)/t27?,30-,32-,33+/m0/s1. The molecule has 3 fully saturated rings. The lowest BCUT2D eigenvalue weighted by Crippen LogP contribution is -2.76. The number of aliphatic hydroxyl groups is 1. The highest BCUT2D eigenvalue weighted by atomic mass is 16.7. The molecule has 40 heavy (non-hydrogen) atoms. The number of carboxylic acid groups (broad SMARTS) is 1. The van der Waals surface area contributed by atoms with Crippen LogP contribution in [0.1, 0.15) is 113 Å². The molecule has 2 N–H and O–H groups in total. The lowest BCUT2D eigenvalue weighted by atomic mass is 9.49. The van der Waals surface area contributed by atoms with E-state index in [2.05, 4.69) is 21.8 Å². The number of unbranched alkanes of at least 4 members (excludes halogenated alkanes) is 9. The summed E-state index contributed by atoms with van der Waals surface area (Å²) >= 11 is 0. The van der Waals surface area contributed by atoms with E-state index < -0.39 is 23.3 Å². The summed E-state index contributed by atoms with van der Waals surface area (Å²) in [5.74, 6) is 1.91. The molecule has 7 nitrogen and oxygen atoms in total. The molecule has 2 saturated carbocycles. The maximum Gasteiger partial charge on any atom is 0.505 e. The number of ether oxygens (including phenoxy) is 2. The molecule has 2 heterocycles. The molecule has 2 aliphatic heterocycles. The van der Waals surface area contributed by atoms with Gasteiger partial charge in [-0.3, -0.25) is 9.69 Å². The fraction of sp³-hybridized carbons (Fsp3) is 0.758. The number of rotatable bonds is 15. The Hall–Kier alpha value is -2.12. The molecule has 3 aliphatic carbocycles. The van der Waals surface area contributed by atoms with Crippen LogP contribution in [0.3, 0.4) is 0 Å². The van der Waals surface area contributed by atoms with E-state index in [4.69, 9.17) is 9.84 Å². The number of hydrogen-bond acceptors (Lipinski definition) is 6. The zero-order valence-corrected chi connectivity index (χ0v) is 24.0. The first kappa shape index (κ1) is 28.0. The van der Waals surface area contributed by atoms with Crippen molar-refractivity contribution < 1.29 is 29.3 Å². The first-order valence-electron chi connectivity index (χ1n) is 16.1. The number of carbonyl (C=O) groups excluding carboxylic acids is 1. The number of Topliss-reactive ketones (excluding diaryl/α,β-unsaturated/α-hetero) is 1. The summed E-state index contributed by atoms with van der Waals surface area (Å²) in [6, 6.07) is 4.64. The van der Waals surface area contributed by atoms with Crippen molar-refractivity contribution in [3.05, 3.63) is 28.8 Å². The van der Waals surface area contributed by atoms with E-state index in [1.807, 2.05) is 0 Å². The van der Waals surface area contributed by atoms with E-state index >= 15 is 0 Å². The lowest BCUT2D eigenvalue weighted by molar-refractivity contribution is -0.188. The number of ketones is 1. The Labute approximate surface area is 238 Å². The predicted molar refractivity (Wildman–Crippen MR) is 152 cm³/mol. The molecule has 220 valence electrons. The quantitative estimate of drug-likeness (QED) is 0.204. The van der Waals surface area contributed by atoms with Crippen LogP contribution in [0.5, 0.6) is 5.75 Å². The highest BCUT2D eigenvalue weighted by molar-refractivity contribution is 5.89. The maximum atomic E-state index is 13.3. The van der Waals surface area contributed by atoms with Crippen LogP contribution in [0, 0.1) is 5.92 Å². The Morgan fingerprint density at radius 2 is 1.70 bits per heavy atom. The molecule has 1 saturated heterocycles. The van der Waals surface area contributed by atoms with Crippen LogP contribution in [-0.2, 0) is 27.8 Å². The monoisotopic (exact) mass is 553 g/mol. The molecule has 0 aromatic heterocycles. The average molecular weight is 554 g/mol. The van der Waals surface area contributed by atoms with Gasteiger partial charge in [0.15, 0.2) is 11.9 Å². The van der Waals surface area contributed by atoms with Gasteiger partial charge in [0.1, 0.15) is 5.75 Å². The minimum absolute atomic E-state index is 0.0938. The third kappa shape index (κ3) is 5.06. The summed E-state index contributed by atoms with van der Waals surface area (Å²) in [4.78, 5) is 26.2. The van der Waals surface area contributed by atoms with E-state index in [0.29, 0.717) is 19.4 Å². The summed E-state index contributed by atoms with van der Waals surface area (Å²) in [6.45, 7) is 2.36. The van der Waals surface area contributed by atoms with Crippen molar-refractivity contribution in [1.82, 2.24) is 4.90 Å². The summed E-state index contributed by atoms with van der Waals surface area (Å²) in [5, 5.41) is 20.9. The van der Waals surface area contributed by atoms with E-state index in [9.17, 15) is 14.7 Å². The first-order chi connectivity index (χ1) is 19.4. The van der Waals surface area contributed by atoms with Crippen molar-refractivity contribution in [2.24, 2.45) is 5.92 Å². The van der Waals surface area contributed by atoms with Gasteiger partial charge in [-0.25, -0.2) is 4.79 Å². The van der Waals surface area contributed by atoms with Crippen LogP contribution in [-0.4, -0.2) is 64.5 Å². The maximum absolute atomic E-state index is 13.3. The third-order valence-corrected chi connectivity index (χ3v) is 10.7. The van der Waals surface area contributed by atoms with Gasteiger partial charge in [0.2, 0.25) is 0 Å². The summed E-state index contributed by atoms with van der Waals surface area (Å²) in [5.41, 5.74) is 2.29. The van der Waals surface area contributed by atoms with Crippen molar-refractivity contribution >= 4 is 11.9 Å². The molecular weight excluding hydrogens is 506 g/mol. The molecule has 0 amide bonds. The van der Waals surface area contributed by atoms with E-state index in [0.717, 1.165) is 69.7 Å². The topological polar surface area (TPSA) is 96.3 Å². The SMILES string of the molecule is O=C(O)OCCCCCCCCCCCCc1ccc2c3c1O[C@H]1C(=O)CC[C@@]4(O)C(C2)N(CC2CC2)CC[C@]314. The fourth-order valence-corrected chi connectivity index (χ4v) is 8.52. The Bertz CT molecular complexity index is 1100. The van der Waals surface area contributed by atoms with Gasteiger partial charge in [-0.15, -0.1) is 0 Å². The second-order valence-corrected chi connectivity index (χ2v) is 13.3. The molecule has 2 bridgehead atoms. The van der Waals surface area contributed by atoms with Crippen molar-refractivity contribution in [3.8, 4) is 5.75 Å². The number of aryl methyl sites for hydroxylation is 1. The van der Waals surface area contributed by atoms with Crippen LogP contribution in [0.15, 0.2) is 12.1 Å². The Balaban J connectivity index is 1.02. The van der Waals surface area contributed by atoms with Crippen LogP contribution in [0.25, 0.3) is 0 Å². The highest BCUT2D eigenvalue weighted by Crippen LogP contribution is 2.64. The highest BCUT2D eigenvalue weighted by Gasteiger charge is 2.73. The van der Waals surface area contributed by atoms with Gasteiger partial charge in [-0.1, -0.05) is 63.5 Å². The summed E-state index contributed by atoms with van der Waals surface area (Å²) < 4.78 is 11.2. The molecule has 1 aromatic rings. The normalized spacial score (nSPS) is 30.2. The molecule has 1 spiro atoms. The fourth-order valence-electron chi connectivity index (χ4n) is 8.52. The van der Waals surface area contributed by atoms with E-state index in [1.54, 1.807) is 0 Å². The molecule has 1 aromatic carbocycles. The Morgan fingerprint density at radius 1 is 1.00 bits per heavy atom. The van der Waals surface area contributed by atoms with Crippen molar-refractivity contribution in [3.63, 3.8) is 0 Å². The number of benzene rings is 1. The largest absolute Gasteiger partial charge is 0.505 e. The van der Waals surface area contributed by atoms with Crippen molar-refractivity contribution in [2.45, 2.75) is 132 Å². The molecular formula is C33H47NO6. The third-order valence-electron chi connectivity index (χ3n) is 10.7. The van der Waals surface area contributed by atoms with Gasteiger partial charge in [-0.2, -0.15) is 0 Å². The zero-order chi connectivity index (χ0) is 27.7. The minimum Gasteiger partial charge on any atom is -0.481 e. The van der Waals surface area contributed by atoms with Crippen LogP contribution in [0.2, 0.25) is 0 Å². The van der Waals surface area contributed by atoms with Gasteiger partial charge in [-0.05, 0) is 75.0 Å². The van der Waals surface area contributed by atoms with Crippen LogP contribution < -0.4 is 4.74 Å². The minimum atomic E-state index is -1.18. The molecule has 4 atom stereocenters. The zero-order valence-electron chi connectivity index (χ0n) is 24.0. The molecule has 5 aliphatic rings. The van der Waals surface area contributed by atoms with Crippen LogP contribution >= 0.6 is 0 Å². The number of likely N-dealkylation sites (tertiary alicyclic amines) is 1. The second-order valence-electron chi connectivity index (χ2n) is 13.3. The number of carbonyl (C=O) groups is 2. The van der Waals surface area contributed by atoms with Crippen molar-refractivity contribution in [2.75, 3.05) is 19.7 Å². The Morgan fingerprint density at radius 3 is 2.40 bits per heavy atom. The second kappa shape index (κ2) is 11.6. The van der Waals surface area contributed by atoms with Gasteiger partial charge in [0.25, 0.3) is 0 Å². The molecule has 0 radical (unpaired) electrons. The van der Waals surface area contributed by atoms with Crippen molar-refractivity contribution in [1.29, 1.82) is 0 Å². The molecule has 1 unspecified atom stereocenters. The number of hydrogen-bond donors (Lipinski definition) is 2. The average Bonchev–Trinajstić information content (AvgIpc) is 3.67. The first-order valence-corrected chi connectivity index (χ1v) is 16.1. The van der Waals surface area contributed by atoms with Gasteiger partial charge >= 0.3 is 6.16 Å². The summed E-state index contributed by atoms with van der Waals surface area (Å²) in [6.07, 6.45) is 16.1. The van der Waals surface area contributed by atoms with E-state index in [1.165, 1.54) is 68.1 Å². The predicted octanol–water partition coefficient (Wildman–Crippen LogP) is 5.96. The van der Waals surface area contributed by atoms with Gasteiger partial charge in [0, 0.05) is 24.6 Å². The lowest BCUT2D eigenvalue weighted by Gasteiger charge is -2.62.